The lowest BCUT2D eigenvalue weighted by atomic mass is 9.93. The van der Waals surface area contributed by atoms with Crippen LogP contribution in [0.5, 0.6) is 0 Å². The van der Waals surface area contributed by atoms with E-state index in [0.717, 1.165) is 22.3 Å². The molecule has 0 fully saturated rings. The molecule has 0 saturated carbocycles. The average Bonchev–Trinajstić information content (AvgIpc) is 2.38. The summed E-state index contributed by atoms with van der Waals surface area (Å²) in [6, 6.07) is 14.3. The van der Waals surface area contributed by atoms with Crippen molar-refractivity contribution in [1.82, 2.24) is 0 Å². The molecule has 0 saturated heterocycles. The van der Waals surface area contributed by atoms with Crippen LogP contribution in [0.25, 0.3) is 0 Å². The summed E-state index contributed by atoms with van der Waals surface area (Å²) in [6.07, 6.45) is 0.907. The summed E-state index contributed by atoms with van der Waals surface area (Å²) >= 11 is 15.8. The van der Waals surface area contributed by atoms with Gasteiger partial charge in [0.05, 0.1) is 0 Å². The molecule has 0 spiro atoms. The topological polar surface area (TPSA) is 0 Å². The van der Waals surface area contributed by atoms with Crippen LogP contribution in [0.1, 0.15) is 22.6 Å². The predicted molar refractivity (Wildman–Crippen MR) is 87.9 cm³/mol. The van der Waals surface area contributed by atoms with Crippen LogP contribution in [-0.4, -0.2) is 5.33 Å². The predicted octanol–water partition coefficient (Wildman–Crippen LogP) is 6.02. The molecule has 0 aliphatic carbocycles. The smallest absolute Gasteiger partial charge is 0.0453 e. The van der Waals surface area contributed by atoms with Gasteiger partial charge in [-0.15, -0.1) is 0 Å². The molecule has 1 atom stereocenters. The fourth-order valence-corrected chi connectivity index (χ4v) is 3.23. The quantitative estimate of drug-likeness (QED) is 0.586. The van der Waals surface area contributed by atoms with Gasteiger partial charge in [-0.05, 0) is 42.5 Å². The minimum atomic E-state index is 0.415. The summed E-state index contributed by atoms with van der Waals surface area (Å²) in [7, 11) is 0. The van der Waals surface area contributed by atoms with Gasteiger partial charge in [0.25, 0.3) is 0 Å². The first-order valence-electron chi connectivity index (χ1n) is 6.16. The highest BCUT2D eigenvalue weighted by molar-refractivity contribution is 9.09. The largest absolute Gasteiger partial charge is 0.0921 e. The van der Waals surface area contributed by atoms with Crippen LogP contribution >= 0.6 is 39.1 Å². The Morgan fingerprint density at radius 2 is 1.89 bits per heavy atom. The third-order valence-electron chi connectivity index (χ3n) is 3.18. The molecule has 0 nitrogen and oxygen atoms in total. The molecule has 0 aliphatic rings. The highest BCUT2D eigenvalue weighted by Gasteiger charge is 2.13. The van der Waals surface area contributed by atoms with E-state index in [0.29, 0.717) is 10.9 Å². The molecule has 0 amide bonds. The van der Waals surface area contributed by atoms with E-state index in [1.54, 1.807) is 6.07 Å². The number of rotatable bonds is 4. The molecule has 19 heavy (non-hydrogen) atoms. The van der Waals surface area contributed by atoms with Crippen molar-refractivity contribution in [2.45, 2.75) is 19.3 Å². The second-order valence-electron chi connectivity index (χ2n) is 4.71. The molecule has 0 aromatic heterocycles. The summed E-state index contributed by atoms with van der Waals surface area (Å²) in [5.74, 6) is 0.415. The molecule has 0 aliphatic heterocycles. The summed E-state index contributed by atoms with van der Waals surface area (Å²) in [6.45, 7) is 2.12. The number of benzene rings is 2. The van der Waals surface area contributed by atoms with Crippen LogP contribution in [0.3, 0.4) is 0 Å². The van der Waals surface area contributed by atoms with E-state index >= 15 is 0 Å². The first-order valence-corrected chi connectivity index (χ1v) is 8.04. The maximum Gasteiger partial charge on any atom is 0.0453 e. The maximum atomic E-state index is 6.25. The van der Waals surface area contributed by atoms with Crippen LogP contribution in [0, 0.1) is 6.92 Å². The fourth-order valence-electron chi connectivity index (χ4n) is 2.14. The third kappa shape index (κ3) is 3.98. The average molecular weight is 358 g/mol. The van der Waals surface area contributed by atoms with Gasteiger partial charge >= 0.3 is 0 Å². The van der Waals surface area contributed by atoms with E-state index in [9.17, 15) is 0 Å². The Bertz CT molecular complexity index is 566. The Balaban J connectivity index is 2.24. The van der Waals surface area contributed by atoms with Gasteiger partial charge in [-0.25, -0.2) is 0 Å². The number of hydrogen-bond donors (Lipinski definition) is 0. The highest BCUT2D eigenvalue weighted by Crippen LogP contribution is 2.28. The molecule has 0 N–H and O–H groups in total. The van der Waals surface area contributed by atoms with Crippen molar-refractivity contribution in [2.75, 3.05) is 5.33 Å². The van der Waals surface area contributed by atoms with Crippen LogP contribution in [0.4, 0.5) is 0 Å². The van der Waals surface area contributed by atoms with Crippen molar-refractivity contribution < 1.29 is 0 Å². The minimum absolute atomic E-state index is 0.415. The van der Waals surface area contributed by atoms with Crippen molar-refractivity contribution in [3.8, 4) is 0 Å². The van der Waals surface area contributed by atoms with E-state index < -0.39 is 0 Å². The Morgan fingerprint density at radius 1 is 1.11 bits per heavy atom. The molecule has 2 rings (SSSR count). The lowest BCUT2D eigenvalue weighted by Gasteiger charge is -2.16. The standard InChI is InChI=1S/C16H15BrCl2/c1-11-3-2-4-12(7-11)14(10-17)8-13-5-6-15(18)9-16(13)19/h2-7,9,14H,8,10H2,1H3. The van der Waals surface area contributed by atoms with Gasteiger partial charge in [-0.1, -0.05) is 75.0 Å². The van der Waals surface area contributed by atoms with Gasteiger partial charge in [-0.3, -0.25) is 0 Å². The molecule has 0 bridgehead atoms. The van der Waals surface area contributed by atoms with Crippen molar-refractivity contribution in [3.05, 3.63) is 69.2 Å². The number of alkyl halides is 1. The normalized spacial score (nSPS) is 12.4. The summed E-state index contributed by atoms with van der Waals surface area (Å²) in [5.41, 5.74) is 3.76. The van der Waals surface area contributed by atoms with Crippen LogP contribution in [0.15, 0.2) is 42.5 Å². The summed E-state index contributed by atoms with van der Waals surface area (Å²) in [5, 5.41) is 2.33. The number of halogens is 3. The molecule has 0 radical (unpaired) electrons. The zero-order valence-electron chi connectivity index (χ0n) is 10.7. The summed E-state index contributed by atoms with van der Waals surface area (Å²) in [4.78, 5) is 0. The van der Waals surface area contributed by atoms with Crippen molar-refractivity contribution in [1.29, 1.82) is 0 Å². The van der Waals surface area contributed by atoms with Gasteiger partial charge < -0.3 is 0 Å². The SMILES string of the molecule is Cc1cccc(C(CBr)Cc2ccc(Cl)cc2Cl)c1. The summed E-state index contributed by atoms with van der Waals surface area (Å²) < 4.78 is 0. The minimum Gasteiger partial charge on any atom is -0.0921 e. The Kier molecular flexibility index (Phi) is 5.32. The zero-order chi connectivity index (χ0) is 13.8. The van der Waals surface area contributed by atoms with Crippen molar-refractivity contribution in [3.63, 3.8) is 0 Å². The highest BCUT2D eigenvalue weighted by atomic mass is 79.9. The molecule has 100 valence electrons. The monoisotopic (exact) mass is 356 g/mol. The number of aryl methyl sites for hydroxylation is 1. The molecular formula is C16H15BrCl2. The Morgan fingerprint density at radius 3 is 2.53 bits per heavy atom. The fraction of sp³-hybridized carbons (Fsp3) is 0.250. The van der Waals surface area contributed by atoms with E-state index in [1.165, 1.54) is 11.1 Å². The van der Waals surface area contributed by atoms with E-state index in [4.69, 9.17) is 23.2 Å². The van der Waals surface area contributed by atoms with Crippen molar-refractivity contribution in [2.24, 2.45) is 0 Å². The maximum absolute atomic E-state index is 6.25. The van der Waals surface area contributed by atoms with Gasteiger partial charge in [0.2, 0.25) is 0 Å². The van der Waals surface area contributed by atoms with Gasteiger partial charge in [0, 0.05) is 15.4 Å². The molecule has 2 aromatic rings. The lowest BCUT2D eigenvalue weighted by molar-refractivity contribution is 0.775. The van der Waals surface area contributed by atoms with Gasteiger partial charge in [-0.2, -0.15) is 0 Å². The van der Waals surface area contributed by atoms with Crippen molar-refractivity contribution >= 4 is 39.1 Å². The van der Waals surface area contributed by atoms with Crippen LogP contribution in [0.2, 0.25) is 10.0 Å². The molecule has 2 aromatic carbocycles. The van der Waals surface area contributed by atoms with E-state index in [1.807, 2.05) is 12.1 Å². The number of hydrogen-bond acceptors (Lipinski definition) is 0. The lowest BCUT2D eigenvalue weighted by Crippen LogP contribution is -2.05. The molecule has 3 heteroatoms. The second-order valence-corrected chi connectivity index (χ2v) is 6.20. The van der Waals surface area contributed by atoms with Crippen LogP contribution in [-0.2, 0) is 6.42 Å². The van der Waals surface area contributed by atoms with E-state index in [2.05, 4.69) is 47.1 Å². The first kappa shape index (κ1) is 14.9. The van der Waals surface area contributed by atoms with Crippen LogP contribution < -0.4 is 0 Å². The first-order chi connectivity index (χ1) is 9.10. The zero-order valence-corrected chi connectivity index (χ0v) is 13.8. The second kappa shape index (κ2) is 6.78. The van der Waals surface area contributed by atoms with Gasteiger partial charge in [0.15, 0.2) is 0 Å². The third-order valence-corrected chi connectivity index (χ3v) is 4.55. The molecular weight excluding hydrogens is 343 g/mol. The Labute approximate surface area is 132 Å². The Hall–Kier alpha value is -0.500. The molecule has 1 unspecified atom stereocenters. The molecule has 0 heterocycles. The van der Waals surface area contributed by atoms with Gasteiger partial charge in [0.1, 0.15) is 0 Å². The van der Waals surface area contributed by atoms with E-state index in [-0.39, 0.29) is 0 Å².